The van der Waals surface area contributed by atoms with Gasteiger partial charge in [0.05, 0.1) is 13.1 Å². The van der Waals surface area contributed by atoms with E-state index < -0.39 is 0 Å². The first kappa shape index (κ1) is 47.2. The van der Waals surface area contributed by atoms with Crippen LogP contribution in [-0.2, 0) is 19.5 Å². The number of aromatic nitrogens is 2. The summed E-state index contributed by atoms with van der Waals surface area (Å²) in [5.41, 5.74) is 0. The minimum atomic E-state index is 1.23. The highest BCUT2D eigenvalue weighted by Gasteiger charge is 2.16. The SMILES string of the molecule is CCCCCCCCCCCCCCCCCC[n+]1ccn(CCCCCCCCCCCCCC)c1CCCCCCCCCCCCC. The van der Waals surface area contributed by atoms with E-state index in [1.807, 2.05) is 0 Å². The molecule has 2 nitrogen and oxygen atoms in total. The number of aryl methyl sites for hydroxylation is 2. The molecule has 0 N–H and O–H groups in total. The molecule has 0 amide bonds. The molecule has 0 aliphatic carbocycles. The topological polar surface area (TPSA) is 8.81 Å². The van der Waals surface area contributed by atoms with E-state index in [0.717, 1.165) is 0 Å². The third-order valence-corrected chi connectivity index (χ3v) is 11.6. The molecule has 1 heterocycles. The summed E-state index contributed by atoms with van der Waals surface area (Å²) >= 11 is 0. The molecular formula is C48H95N2+. The highest BCUT2D eigenvalue weighted by atomic mass is 15.1. The minimum Gasteiger partial charge on any atom is -0.234 e. The van der Waals surface area contributed by atoms with E-state index in [9.17, 15) is 0 Å². The van der Waals surface area contributed by atoms with Crippen molar-refractivity contribution in [2.75, 3.05) is 0 Å². The Labute approximate surface area is 317 Å². The van der Waals surface area contributed by atoms with Crippen molar-refractivity contribution in [2.45, 2.75) is 291 Å². The Hall–Kier alpha value is -0.790. The van der Waals surface area contributed by atoms with Gasteiger partial charge in [0, 0.05) is 6.42 Å². The normalized spacial score (nSPS) is 11.7. The average Bonchev–Trinajstić information content (AvgIpc) is 3.51. The molecule has 2 heteroatoms. The fourth-order valence-corrected chi connectivity index (χ4v) is 8.09. The van der Waals surface area contributed by atoms with Crippen molar-refractivity contribution in [3.63, 3.8) is 0 Å². The van der Waals surface area contributed by atoms with Gasteiger partial charge in [0.1, 0.15) is 12.4 Å². The summed E-state index contributed by atoms with van der Waals surface area (Å²) in [6.07, 6.45) is 62.3. The molecule has 50 heavy (non-hydrogen) atoms. The molecule has 0 aromatic carbocycles. The molecule has 0 bridgehead atoms. The summed E-state index contributed by atoms with van der Waals surface area (Å²) in [6.45, 7) is 9.42. The summed E-state index contributed by atoms with van der Waals surface area (Å²) in [5.74, 6) is 1.63. The highest BCUT2D eigenvalue weighted by Crippen LogP contribution is 2.16. The Morgan fingerprint density at radius 1 is 0.340 bits per heavy atom. The summed E-state index contributed by atoms with van der Waals surface area (Å²) in [7, 11) is 0. The molecular weight excluding hydrogens is 605 g/mol. The quantitative estimate of drug-likeness (QED) is 0.0474. The van der Waals surface area contributed by atoms with Gasteiger partial charge >= 0.3 is 0 Å². The van der Waals surface area contributed by atoms with Crippen LogP contribution in [0, 0.1) is 0 Å². The van der Waals surface area contributed by atoms with Crippen LogP contribution in [0.15, 0.2) is 12.4 Å². The van der Waals surface area contributed by atoms with Gasteiger partial charge in [-0.25, -0.2) is 9.13 Å². The van der Waals surface area contributed by atoms with Crippen LogP contribution < -0.4 is 4.57 Å². The van der Waals surface area contributed by atoms with E-state index in [0.29, 0.717) is 0 Å². The van der Waals surface area contributed by atoms with Crippen molar-refractivity contribution in [2.24, 2.45) is 0 Å². The number of hydrogen-bond donors (Lipinski definition) is 0. The number of nitrogens with zero attached hydrogens (tertiary/aromatic N) is 2. The maximum atomic E-state index is 2.65. The van der Waals surface area contributed by atoms with Crippen molar-refractivity contribution >= 4 is 0 Å². The van der Waals surface area contributed by atoms with Crippen LogP contribution in [-0.4, -0.2) is 4.57 Å². The molecule has 0 saturated heterocycles. The molecule has 1 aromatic rings. The van der Waals surface area contributed by atoms with Crippen molar-refractivity contribution in [1.82, 2.24) is 4.57 Å². The molecule has 0 radical (unpaired) electrons. The Kier molecular flexibility index (Phi) is 37.2. The maximum Gasteiger partial charge on any atom is 0.256 e. The molecule has 0 saturated carbocycles. The lowest BCUT2D eigenvalue weighted by molar-refractivity contribution is -0.704. The van der Waals surface area contributed by atoms with Crippen LogP contribution in [0.2, 0.25) is 0 Å². The minimum absolute atomic E-state index is 1.23. The van der Waals surface area contributed by atoms with Crippen LogP contribution in [0.25, 0.3) is 0 Å². The van der Waals surface area contributed by atoms with Gasteiger partial charge in [-0.05, 0) is 32.1 Å². The monoisotopic (exact) mass is 700 g/mol. The largest absolute Gasteiger partial charge is 0.256 e. The summed E-state index contributed by atoms with van der Waals surface area (Å²) in [4.78, 5) is 0. The van der Waals surface area contributed by atoms with Crippen LogP contribution in [0.3, 0.4) is 0 Å². The predicted octanol–water partition coefficient (Wildman–Crippen LogP) is 16.6. The zero-order valence-corrected chi connectivity index (χ0v) is 35.2. The Bertz CT molecular complexity index is 766. The van der Waals surface area contributed by atoms with E-state index in [-0.39, 0.29) is 0 Å². The van der Waals surface area contributed by atoms with Crippen LogP contribution in [0.5, 0.6) is 0 Å². The predicted molar refractivity (Wildman–Crippen MR) is 225 cm³/mol. The molecule has 1 rings (SSSR count). The van der Waals surface area contributed by atoms with E-state index in [2.05, 4.69) is 42.3 Å². The van der Waals surface area contributed by atoms with Gasteiger partial charge in [0.25, 0.3) is 5.82 Å². The second kappa shape index (κ2) is 39.4. The standard InChI is InChI=1S/C48H95N2/c1-4-7-10-13-16-19-22-24-25-26-27-30-33-36-39-42-45-50-47-46-49(44-41-38-35-32-29-23-20-17-14-11-8-5-2)48(50)43-40-37-34-31-28-21-18-15-12-9-6-3/h46-47H,4-45H2,1-3H3/q+1. The Morgan fingerprint density at radius 3 is 0.960 bits per heavy atom. The van der Waals surface area contributed by atoms with Gasteiger partial charge in [0.2, 0.25) is 0 Å². The zero-order chi connectivity index (χ0) is 35.8. The third-order valence-electron chi connectivity index (χ3n) is 11.6. The van der Waals surface area contributed by atoms with Gasteiger partial charge in [0.15, 0.2) is 0 Å². The molecule has 0 aliphatic heterocycles. The van der Waals surface area contributed by atoms with Gasteiger partial charge < -0.3 is 0 Å². The molecule has 1 aromatic heterocycles. The summed E-state index contributed by atoms with van der Waals surface area (Å²) in [5, 5.41) is 0. The lowest BCUT2D eigenvalue weighted by atomic mass is 10.0. The van der Waals surface area contributed by atoms with E-state index in [4.69, 9.17) is 0 Å². The van der Waals surface area contributed by atoms with E-state index in [1.165, 1.54) is 270 Å². The number of imidazole rings is 1. The van der Waals surface area contributed by atoms with Crippen LogP contribution in [0.4, 0.5) is 0 Å². The molecule has 0 aliphatic rings. The summed E-state index contributed by atoms with van der Waals surface area (Å²) < 4.78 is 5.31. The molecule has 296 valence electrons. The Balaban J connectivity index is 2.25. The van der Waals surface area contributed by atoms with Gasteiger partial charge in [-0.1, -0.05) is 239 Å². The van der Waals surface area contributed by atoms with Crippen LogP contribution in [0.1, 0.15) is 277 Å². The van der Waals surface area contributed by atoms with Gasteiger partial charge in [-0.15, -0.1) is 0 Å². The number of hydrogen-bond acceptors (Lipinski definition) is 0. The second-order valence-electron chi connectivity index (χ2n) is 16.6. The first-order valence-corrected chi connectivity index (χ1v) is 23.9. The average molecular weight is 700 g/mol. The second-order valence-corrected chi connectivity index (χ2v) is 16.6. The van der Waals surface area contributed by atoms with E-state index in [1.54, 1.807) is 5.82 Å². The Morgan fingerprint density at radius 2 is 0.620 bits per heavy atom. The molecule has 0 atom stereocenters. The molecule has 0 unspecified atom stereocenters. The fraction of sp³-hybridized carbons (Fsp3) is 0.938. The van der Waals surface area contributed by atoms with Gasteiger partial charge in [-0.2, -0.15) is 0 Å². The lowest BCUT2D eigenvalue weighted by Gasteiger charge is -2.07. The molecule has 0 spiro atoms. The van der Waals surface area contributed by atoms with Gasteiger partial charge in [-0.3, -0.25) is 0 Å². The highest BCUT2D eigenvalue weighted by molar-refractivity contribution is 4.84. The third kappa shape index (κ3) is 30.8. The van der Waals surface area contributed by atoms with Crippen LogP contribution >= 0.6 is 0 Å². The summed E-state index contributed by atoms with van der Waals surface area (Å²) in [6, 6.07) is 0. The van der Waals surface area contributed by atoms with Crippen molar-refractivity contribution in [3.8, 4) is 0 Å². The number of unbranched alkanes of at least 4 members (excludes halogenated alkanes) is 36. The van der Waals surface area contributed by atoms with Crippen molar-refractivity contribution < 1.29 is 4.57 Å². The first-order valence-electron chi connectivity index (χ1n) is 23.9. The zero-order valence-electron chi connectivity index (χ0n) is 35.2. The maximum absolute atomic E-state index is 2.65. The molecule has 0 fully saturated rings. The van der Waals surface area contributed by atoms with Crippen molar-refractivity contribution in [3.05, 3.63) is 18.2 Å². The smallest absolute Gasteiger partial charge is 0.234 e. The lowest BCUT2D eigenvalue weighted by Crippen LogP contribution is -2.37. The van der Waals surface area contributed by atoms with E-state index >= 15 is 0 Å². The fourth-order valence-electron chi connectivity index (χ4n) is 8.09. The van der Waals surface area contributed by atoms with Crippen molar-refractivity contribution in [1.29, 1.82) is 0 Å². The first-order chi connectivity index (χ1) is 24.8. The number of rotatable bonds is 42.